The molecule has 2 unspecified atom stereocenters. The number of para-hydroxylation sites is 1. The first-order valence-corrected chi connectivity index (χ1v) is 8.07. The molecule has 1 aromatic carbocycles. The number of amides is 1. The number of hydrogen-bond donors (Lipinski definition) is 2. The molecule has 2 aliphatic rings. The van der Waals surface area contributed by atoms with Gasteiger partial charge in [0.1, 0.15) is 6.04 Å². The molecule has 4 heteroatoms. The highest BCUT2D eigenvalue weighted by atomic mass is 16.5. The lowest BCUT2D eigenvalue weighted by Gasteiger charge is -2.27. The molecule has 2 heterocycles. The van der Waals surface area contributed by atoms with Gasteiger partial charge in [0.25, 0.3) is 0 Å². The second-order valence-electron chi connectivity index (χ2n) is 5.96. The lowest BCUT2D eigenvalue weighted by molar-refractivity contribution is -0.122. The van der Waals surface area contributed by atoms with E-state index in [1.54, 1.807) is 0 Å². The minimum absolute atomic E-state index is 0.104. The largest absolute Gasteiger partial charge is 0.378 e. The summed E-state index contributed by atoms with van der Waals surface area (Å²) in [6.45, 7) is 1.59. The summed E-state index contributed by atoms with van der Waals surface area (Å²) in [5, 5.41) is 6.39. The summed E-state index contributed by atoms with van der Waals surface area (Å²) < 4.78 is 5.68. The molecule has 114 valence electrons. The molecule has 1 aromatic rings. The highest BCUT2D eigenvalue weighted by molar-refractivity contribution is 5.85. The number of carbonyl (C=O) groups is 1. The molecule has 3 rings (SSSR count). The van der Waals surface area contributed by atoms with Crippen LogP contribution in [0.1, 0.15) is 37.7 Å². The molecule has 0 saturated carbocycles. The molecule has 1 amide bonds. The van der Waals surface area contributed by atoms with Crippen molar-refractivity contribution in [2.75, 3.05) is 18.5 Å². The van der Waals surface area contributed by atoms with Crippen LogP contribution in [0, 0.1) is 0 Å². The van der Waals surface area contributed by atoms with E-state index in [1.807, 2.05) is 18.2 Å². The van der Waals surface area contributed by atoms with Crippen LogP contribution in [0.4, 0.5) is 5.69 Å². The Morgan fingerprint density at radius 1 is 1.29 bits per heavy atom. The Bertz CT molecular complexity index is 483. The Kier molecular flexibility index (Phi) is 4.76. The molecule has 4 nitrogen and oxygen atoms in total. The molecule has 1 fully saturated rings. The Morgan fingerprint density at radius 2 is 2.19 bits per heavy atom. The van der Waals surface area contributed by atoms with Crippen LogP contribution in [-0.4, -0.2) is 31.2 Å². The maximum Gasteiger partial charge on any atom is 0.242 e. The molecule has 0 radical (unpaired) electrons. The summed E-state index contributed by atoms with van der Waals surface area (Å²) in [7, 11) is 0. The summed E-state index contributed by atoms with van der Waals surface area (Å²) in [4.78, 5) is 12.2. The van der Waals surface area contributed by atoms with Crippen molar-refractivity contribution in [3.8, 4) is 0 Å². The molecule has 21 heavy (non-hydrogen) atoms. The minimum Gasteiger partial charge on any atom is -0.378 e. The molecule has 0 bridgehead atoms. The van der Waals surface area contributed by atoms with E-state index in [0.29, 0.717) is 12.6 Å². The third kappa shape index (κ3) is 3.76. The van der Waals surface area contributed by atoms with Gasteiger partial charge in [-0.25, -0.2) is 0 Å². The second kappa shape index (κ2) is 6.94. The zero-order valence-electron chi connectivity index (χ0n) is 12.4. The average Bonchev–Trinajstić information content (AvgIpc) is 2.55. The number of carbonyl (C=O) groups excluding carboxylic acids is 1. The summed E-state index contributed by atoms with van der Waals surface area (Å²) >= 11 is 0. The smallest absolute Gasteiger partial charge is 0.242 e. The van der Waals surface area contributed by atoms with Crippen molar-refractivity contribution in [2.45, 2.75) is 50.7 Å². The van der Waals surface area contributed by atoms with Crippen molar-refractivity contribution in [3.05, 3.63) is 29.8 Å². The zero-order chi connectivity index (χ0) is 14.5. The van der Waals surface area contributed by atoms with Gasteiger partial charge in [-0.3, -0.25) is 4.79 Å². The molecule has 0 aromatic heterocycles. The Hall–Kier alpha value is -1.55. The summed E-state index contributed by atoms with van der Waals surface area (Å²) in [6.07, 6.45) is 6.64. The second-order valence-corrected chi connectivity index (χ2v) is 5.96. The average molecular weight is 288 g/mol. The maximum atomic E-state index is 12.2. The van der Waals surface area contributed by atoms with Gasteiger partial charge in [-0.15, -0.1) is 0 Å². The first-order valence-electron chi connectivity index (χ1n) is 8.07. The number of rotatable bonds is 4. The molecule has 1 saturated heterocycles. The van der Waals surface area contributed by atoms with Crippen LogP contribution in [0.3, 0.4) is 0 Å². The van der Waals surface area contributed by atoms with Gasteiger partial charge in [-0.1, -0.05) is 18.2 Å². The molecule has 0 aliphatic carbocycles. The maximum absolute atomic E-state index is 12.2. The first-order chi connectivity index (χ1) is 10.3. The molecule has 2 atom stereocenters. The predicted octanol–water partition coefficient (Wildman–Crippen LogP) is 2.49. The van der Waals surface area contributed by atoms with Crippen molar-refractivity contribution in [3.63, 3.8) is 0 Å². The molecular formula is C17H24N2O2. The number of ether oxygens (including phenoxy) is 1. The van der Waals surface area contributed by atoms with E-state index in [9.17, 15) is 4.79 Å². The van der Waals surface area contributed by atoms with Crippen molar-refractivity contribution >= 4 is 11.6 Å². The van der Waals surface area contributed by atoms with Gasteiger partial charge >= 0.3 is 0 Å². The lowest BCUT2D eigenvalue weighted by Crippen LogP contribution is -2.42. The van der Waals surface area contributed by atoms with Crippen LogP contribution in [0.5, 0.6) is 0 Å². The standard InChI is InChI=1S/C17H24N2O2/c20-17(18-11-10-14-6-3-4-12-21-14)16-9-8-13-5-1-2-7-15(13)19-16/h1-2,5,7,14,16,19H,3-4,6,8-12H2,(H,18,20). The fraction of sp³-hybridized carbons (Fsp3) is 0.588. The van der Waals surface area contributed by atoms with Gasteiger partial charge < -0.3 is 15.4 Å². The van der Waals surface area contributed by atoms with Crippen LogP contribution in [0.15, 0.2) is 24.3 Å². The monoisotopic (exact) mass is 288 g/mol. The van der Waals surface area contributed by atoms with Crippen molar-refractivity contribution < 1.29 is 9.53 Å². The third-order valence-electron chi connectivity index (χ3n) is 4.41. The van der Waals surface area contributed by atoms with Crippen LogP contribution in [-0.2, 0) is 16.0 Å². The van der Waals surface area contributed by atoms with Crippen LogP contribution < -0.4 is 10.6 Å². The summed E-state index contributed by atoms with van der Waals surface area (Å²) in [5.41, 5.74) is 2.40. The van der Waals surface area contributed by atoms with Crippen LogP contribution in [0.25, 0.3) is 0 Å². The van der Waals surface area contributed by atoms with Gasteiger partial charge in [-0.05, 0) is 50.2 Å². The quantitative estimate of drug-likeness (QED) is 0.895. The van der Waals surface area contributed by atoms with E-state index in [2.05, 4.69) is 16.7 Å². The van der Waals surface area contributed by atoms with Crippen molar-refractivity contribution in [1.82, 2.24) is 5.32 Å². The van der Waals surface area contributed by atoms with Gasteiger partial charge in [0.2, 0.25) is 5.91 Å². The highest BCUT2D eigenvalue weighted by Crippen LogP contribution is 2.24. The van der Waals surface area contributed by atoms with E-state index in [1.165, 1.54) is 18.4 Å². The van der Waals surface area contributed by atoms with Crippen LogP contribution >= 0.6 is 0 Å². The highest BCUT2D eigenvalue weighted by Gasteiger charge is 2.23. The van der Waals surface area contributed by atoms with Crippen molar-refractivity contribution in [2.24, 2.45) is 0 Å². The molecule has 2 aliphatic heterocycles. The third-order valence-corrected chi connectivity index (χ3v) is 4.41. The minimum atomic E-state index is -0.104. The van der Waals surface area contributed by atoms with E-state index in [-0.39, 0.29) is 11.9 Å². The van der Waals surface area contributed by atoms with E-state index in [4.69, 9.17) is 4.74 Å². The normalized spacial score (nSPS) is 24.8. The van der Waals surface area contributed by atoms with Crippen LogP contribution in [0.2, 0.25) is 0 Å². The number of fused-ring (bicyclic) bond motifs is 1. The summed E-state index contributed by atoms with van der Waals surface area (Å²) in [5.74, 6) is 0.111. The number of nitrogens with one attached hydrogen (secondary N) is 2. The number of aryl methyl sites for hydroxylation is 1. The Balaban J connectivity index is 1.44. The van der Waals surface area contributed by atoms with E-state index in [0.717, 1.165) is 38.0 Å². The summed E-state index contributed by atoms with van der Waals surface area (Å²) in [6, 6.07) is 8.12. The van der Waals surface area contributed by atoms with Gasteiger partial charge in [0.05, 0.1) is 6.10 Å². The number of anilines is 1. The predicted molar refractivity (Wildman–Crippen MR) is 83.4 cm³/mol. The molecular weight excluding hydrogens is 264 g/mol. The fourth-order valence-electron chi connectivity index (χ4n) is 3.15. The SMILES string of the molecule is O=C(NCCC1CCCCO1)C1CCc2ccccc2N1. The Morgan fingerprint density at radius 3 is 3.05 bits per heavy atom. The Labute approximate surface area is 126 Å². The molecule has 2 N–H and O–H groups in total. The van der Waals surface area contributed by atoms with E-state index >= 15 is 0 Å². The molecule has 0 spiro atoms. The lowest BCUT2D eigenvalue weighted by atomic mass is 9.97. The first kappa shape index (κ1) is 14.4. The number of benzene rings is 1. The zero-order valence-corrected chi connectivity index (χ0v) is 12.4. The topological polar surface area (TPSA) is 50.4 Å². The van der Waals surface area contributed by atoms with Crippen molar-refractivity contribution in [1.29, 1.82) is 0 Å². The number of hydrogen-bond acceptors (Lipinski definition) is 3. The fourth-order valence-corrected chi connectivity index (χ4v) is 3.15. The van der Waals surface area contributed by atoms with Gasteiger partial charge in [-0.2, -0.15) is 0 Å². The van der Waals surface area contributed by atoms with E-state index < -0.39 is 0 Å². The van der Waals surface area contributed by atoms with Gasteiger partial charge in [0, 0.05) is 18.8 Å². The van der Waals surface area contributed by atoms with Gasteiger partial charge in [0.15, 0.2) is 0 Å².